The number of fused-ring (bicyclic) bond motifs is 1. The van der Waals surface area contributed by atoms with E-state index in [4.69, 9.17) is 0 Å². The summed E-state index contributed by atoms with van der Waals surface area (Å²) in [6.07, 6.45) is 3.07. The van der Waals surface area contributed by atoms with Crippen molar-refractivity contribution in [2.75, 3.05) is 0 Å². The molecule has 0 bridgehead atoms. The molecule has 0 saturated heterocycles. The number of benzene rings is 1. The molecule has 148 valence electrons. The van der Waals surface area contributed by atoms with Gasteiger partial charge in [-0.1, -0.05) is 73.1 Å². The van der Waals surface area contributed by atoms with Crippen molar-refractivity contribution in [3.05, 3.63) is 30.0 Å². The molecule has 1 aromatic carbocycles. The molecule has 0 radical (unpaired) electrons. The first-order valence-corrected chi connectivity index (χ1v) is 9.74. The second kappa shape index (κ2) is 16.5. The molecule has 0 spiro atoms. The number of hydrogen-bond donors (Lipinski definition) is 1. The van der Waals surface area contributed by atoms with Crippen molar-refractivity contribution in [1.29, 1.82) is 0 Å². The standard InChI is InChI=1S/C13H14N2O2.C4H10.C3H8.C2H6/c1-9(17)6-7-10(8-16)13-11-4-2-3-5-12(11)14-15-13;1-4(2)3;1-3-2;1-2/h2-5,8,10H,6-7H2,1H3,(H,14,15);4H,1-3H3;3H2,1-2H3;1-2H3. The van der Waals surface area contributed by atoms with Crippen LogP contribution in [0.3, 0.4) is 0 Å². The molecule has 0 fully saturated rings. The van der Waals surface area contributed by atoms with Gasteiger partial charge in [-0.3, -0.25) is 5.10 Å². The van der Waals surface area contributed by atoms with Gasteiger partial charge in [0.2, 0.25) is 0 Å². The molecule has 0 aliphatic carbocycles. The summed E-state index contributed by atoms with van der Waals surface area (Å²) in [4.78, 5) is 22.1. The van der Waals surface area contributed by atoms with E-state index in [0.717, 1.165) is 28.8 Å². The third-order valence-electron chi connectivity index (χ3n) is 2.83. The quantitative estimate of drug-likeness (QED) is 0.633. The second-order valence-corrected chi connectivity index (χ2v) is 6.58. The number of ketones is 1. The van der Waals surface area contributed by atoms with Crippen molar-refractivity contribution in [2.45, 2.75) is 80.6 Å². The summed E-state index contributed by atoms with van der Waals surface area (Å²) in [6, 6.07) is 7.63. The van der Waals surface area contributed by atoms with Gasteiger partial charge in [0, 0.05) is 11.8 Å². The lowest BCUT2D eigenvalue weighted by atomic mass is 9.97. The summed E-state index contributed by atoms with van der Waals surface area (Å²) in [6.45, 7) is 16.3. The summed E-state index contributed by atoms with van der Waals surface area (Å²) in [5.74, 6) is 0.645. The molecule has 0 aliphatic heterocycles. The Morgan fingerprint density at radius 2 is 1.65 bits per heavy atom. The monoisotopic (exact) mass is 362 g/mol. The smallest absolute Gasteiger partial charge is 0.129 e. The van der Waals surface area contributed by atoms with E-state index in [1.165, 1.54) is 13.3 Å². The first-order valence-electron chi connectivity index (χ1n) is 9.74. The maximum atomic E-state index is 11.1. The Bertz CT molecular complexity index is 600. The summed E-state index contributed by atoms with van der Waals surface area (Å²) in [7, 11) is 0. The van der Waals surface area contributed by atoms with Crippen molar-refractivity contribution in [1.82, 2.24) is 10.2 Å². The van der Waals surface area contributed by atoms with Gasteiger partial charge in [0.05, 0.1) is 17.1 Å². The molecular weight excluding hydrogens is 324 g/mol. The topological polar surface area (TPSA) is 62.8 Å². The normalized spacial score (nSPS) is 10.5. The van der Waals surface area contributed by atoms with Crippen LogP contribution in [0.15, 0.2) is 24.3 Å². The Morgan fingerprint density at radius 1 is 1.15 bits per heavy atom. The third kappa shape index (κ3) is 11.6. The fraction of sp³-hybridized carbons (Fsp3) is 0.591. The molecule has 1 unspecified atom stereocenters. The maximum absolute atomic E-state index is 11.1. The summed E-state index contributed by atoms with van der Waals surface area (Å²) in [5, 5.41) is 7.99. The van der Waals surface area contributed by atoms with Gasteiger partial charge in [0.25, 0.3) is 0 Å². The molecule has 0 aliphatic rings. The molecule has 2 rings (SSSR count). The molecular formula is C22H38N2O2. The first kappa shape index (κ1) is 26.3. The second-order valence-electron chi connectivity index (χ2n) is 6.58. The highest BCUT2D eigenvalue weighted by Crippen LogP contribution is 2.25. The molecule has 1 aromatic heterocycles. The number of carbonyl (C=O) groups excluding carboxylic acids is 2. The zero-order valence-electron chi connectivity index (χ0n) is 17.9. The van der Waals surface area contributed by atoms with Crippen molar-refractivity contribution < 1.29 is 9.59 Å². The highest BCUT2D eigenvalue weighted by Gasteiger charge is 2.16. The van der Waals surface area contributed by atoms with Crippen molar-refractivity contribution in [2.24, 2.45) is 5.92 Å². The number of Topliss-reactive ketones (excluding diaryl/α,β-unsaturated/α-hetero) is 1. The number of aromatic amines is 1. The van der Waals surface area contributed by atoms with Gasteiger partial charge in [0.1, 0.15) is 12.1 Å². The predicted octanol–water partition coefficient (Wildman–Crippen LogP) is 6.32. The lowest BCUT2D eigenvalue weighted by molar-refractivity contribution is -0.117. The molecule has 1 heterocycles. The van der Waals surface area contributed by atoms with E-state index in [2.05, 4.69) is 44.8 Å². The molecule has 0 amide bonds. The number of hydrogen-bond acceptors (Lipinski definition) is 3. The van der Waals surface area contributed by atoms with E-state index in [9.17, 15) is 9.59 Å². The Balaban J connectivity index is 0. The fourth-order valence-electron chi connectivity index (χ4n) is 1.90. The number of nitrogens with zero attached hydrogens (tertiary/aromatic N) is 1. The first-order chi connectivity index (χ1) is 12.4. The number of rotatable bonds is 5. The van der Waals surface area contributed by atoms with Crippen LogP contribution in [-0.4, -0.2) is 22.3 Å². The van der Waals surface area contributed by atoms with Crippen molar-refractivity contribution >= 4 is 23.0 Å². The van der Waals surface area contributed by atoms with Crippen LogP contribution in [0.25, 0.3) is 10.9 Å². The summed E-state index contributed by atoms with van der Waals surface area (Å²) in [5.41, 5.74) is 1.65. The zero-order chi connectivity index (χ0) is 20.5. The van der Waals surface area contributed by atoms with Crippen LogP contribution < -0.4 is 0 Å². The molecule has 0 saturated carbocycles. The fourth-order valence-corrected chi connectivity index (χ4v) is 1.90. The largest absolute Gasteiger partial charge is 0.303 e. The summed E-state index contributed by atoms with van der Waals surface area (Å²) >= 11 is 0. The number of para-hydroxylation sites is 1. The Kier molecular flexibility index (Phi) is 16.7. The lowest BCUT2D eigenvalue weighted by Gasteiger charge is -2.06. The van der Waals surface area contributed by atoms with E-state index in [1.807, 2.05) is 38.1 Å². The minimum Gasteiger partial charge on any atom is -0.303 e. The van der Waals surface area contributed by atoms with Crippen LogP contribution >= 0.6 is 0 Å². The zero-order valence-corrected chi connectivity index (χ0v) is 17.9. The average molecular weight is 363 g/mol. The van der Waals surface area contributed by atoms with Gasteiger partial charge in [-0.25, -0.2) is 0 Å². The van der Waals surface area contributed by atoms with Crippen LogP contribution in [0.5, 0.6) is 0 Å². The Labute approximate surface area is 159 Å². The third-order valence-corrected chi connectivity index (χ3v) is 2.83. The average Bonchev–Trinajstić information content (AvgIpc) is 3.02. The van der Waals surface area contributed by atoms with E-state index in [1.54, 1.807) is 0 Å². The van der Waals surface area contributed by atoms with Crippen LogP contribution in [0.2, 0.25) is 0 Å². The Hall–Kier alpha value is -1.97. The lowest BCUT2D eigenvalue weighted by Crippen LogP contribution is -2.04. The Morgan fingerprint density at radius 3 is 2.12 bits per heavy atom. The number of nitrogens with one attached hydrogen (secondary N) is 1. The molecule has 4 nitrogen and oxygen atoms in total. The van der Waals surface area contributed by atoms with Crippen LogP contribution in [-0.2, 0) is 9.59 Å². The SMILES string of the molecule is CC.CC(=O)CCC(C=O)c1[nH]nc2ccccc12.CC(C)C.CCC. The highest BCUT2D eigenvalue weighted by molar-refractivity contribution is 5.85. The van der Waals surface area contributed by atoms with Gasteiger partial charge >= 0.3 is 0 Å². The van der Waals surface area contributed by atoms with Gasteiger partial charge in [-0.2, -0.15) is 5.10 Å². The van der Waals surface area contributed by atoms with E-state index in [-0.39, 0.29) is 11.7 Å². The minimum absolute atomic E-state index is 0.0978. The van der Waals surface area contributed by atoms with E-state index >= 15 is 0 Å². The number of aldehydes is 1. The van der Waals surface area contributed by atoms with E-state index < -0.39 is 0 Å². The molecule has 4 heteroatoms. The highest BCUT2D eigenvalue weighted by atomic mass is 16.1. The number of H-pyrrole nitrogens is 1. The van der Waals surface area contributed by atoms with Crippen molar-refractivity contribution in [3.63, 3.8) is 0 Å². The summed E-state index contributed by atoms with van der Waals surface area (Å²) < 4.78 is 0. The van der Waals surface area contributed by atoms with E-state index in [0.29, 0.717) is 12.8 Å². The molecule has 2 aromatic rings. The predicted molar refractivity (Wildman–Crippen MR) is 113 cm³/mol. The molecule has 1 atom stereocenters. The van der Waals surface area contributed by atoms with Crippen LogP contribution in [0, 0.1) is 5.92 Å². The molecule has 26 heavy (non-hydrogen) atoms. The minimum atomic E-state index is -0.286. The van der Waals surface area contributed by atoms with Crippen LogP contribution in [0.4, 0.5) is 0 Å². The molecule has 1 N–H and O–H groups in total. The van der Waals surface area contributed by atoms with Gasteiger partial charge < -0.3 is 9.59 Å². The van der Waals surface area contributed by atoms with Gasteiger partial charge in [0.15, 0.2) is 0 Å². The maximum Gasteiger partial charge on any atom is 0.129 e. The number of aromatic nitrogens is 2. The van der Waals surface area contributed by atoms with Crippen LogP contribution in [0.1, 0.15) is 86.3 Å². The number of carbonyl (C=O) groups is 2. The van der Waals surface area contributed by atoms with Gasteiger partial charge in [-0.05, 0) is 25.3 Å². The van der Waals surface area contributed by atoms with Gasteiger partial charge in [-0.15, -0.1) is 0 Å². The van der Waals surface area contributed by atoms with Crippen molar-refractivity contribution in [3.8, 4) is 0 Å².